The Labute approximate surface area is 234 Å². The molecular formula is C34H32N2O4. The highest BCUT2D eigenvalue weighted by atomic mass is 16.5. The summed E-state index contributed by atoms with van der Waals surface area (Å²) in [5.74, 6) is 2.65. The molecule has 0 amide bonds. The summed E-state index contributed by atoms with van der Waals surface area (Å²) >= 11 is 0. The maximum atomic E-state index is 6.88. The fourth-order valence-corrected chi connectivity index (χ4v) is 5.92. The first-order chi connectivity index (χ1) is 19.5. The van der Waals surface area contributed by atoms with Crippen LogP contribution in [0.1, 0.15) is 11.7 Å². The number of anilines is 1. The lowest BCUT2D eigenvalue weighted by Gasteiger charge is -2.37. The Hall–Kier alpha value is -4.68. The fraction of sp³-hybridized carbons (Fsp3) is 0.176. The predicted octanol–water partition coefficient (Wildman–Crippen LogP) is 7.28. The molecule has 6 rings (SSSR count). The van der Waals surface area contributed by atoms with Crippen molar-refractivity contribution in [2.45, 2.75) is 6.17 Å². The average molecular weight is 533 g/mol. The molecule has 6 nitrogen and oxygen atoms in total. The number of hydrogen-bond donors (Lipinski definition) is 1. The first kappa shape index (κ1) is 25.6. The normalized spacial score (nSPS) is 13.9. The molecule has 0 bridgehead atoms. The molecule has 0 fully saturated rings. The largest absolute Gasteiger partial charge is 0.493 e. The SMILES string of the molecule is COc1ccc2c(c1OC)C(N)N(C)c1c-2ccc2c(-c3ccc(-c4ccccc4)cc3)c(OC)c(OC)cc12. The Morgan fingerprint density at radius 2 is 1.23 bits per heavy atom. The third-order valence-corrected chi connectivity index (χ3v) is 7.86. The van der Waals surface area contributed by atoms with Crippen molar-refractivity contribution >= 4 is 16.5 Å². The lowest BCUT2D eigenvalue weighted by molar-refractivity contribution is 0.349. The van der Waals surface area contributed by atoms with Crippen molar-refractivity contribution in [2.75, 3.05) is 40.4 Å². The average Bonchev–Trinajstić information content (AvgIpc) is 3.01. The molecule has 1 atom stereocenters. The minimum absolute atomic E-state index is 0.445. The second kappa shape index (κ2) is 10.1. The second-order valence-electron chi connectivity index (χ2n) is 9.81. The molecule has 5 aromatic rings. The van der Waals surface area contributed by atoms with E-state index in [1.165, 1.54) is 5.56 Å². The van der Waals surface area contributed by atoms with Gasteiger partial charge >= 0.3 is 0 Å². The number of nitrogens with zero attached hydrogens (tertiary/aromatic N) is 1. The summed E-state index contributed by atoms with van der Waals surface area (Å²) in [4.78, 5) is 2.09. The fourth-order valence-electron chi connectivity index (χ4n) is 5.92. The summed E-state index contributed by atoms with van der Waals surface area (Å²) in [6.45, 7) is 0. The Bertz CT molecular complexity index is 1720. The van der Waals surface area contributed by atoms with Crippen LogP contribution in [0.2, 0.25) is 0 Å². The van der Waals surface area contributed by atoms with Crippen molar-refractivity contribution in [3.05, 3.63) is 90.5 Å². The topological polar surface area (TPSA) is 66.2 Å². The van der Waals surface area contributed by atoms with Gasteiger partial charge < -0.3 is 29.6 Å². The molecule has 1 aliphatic rings. The van der Waals surface area contributed by atoms with E-state index < -0.39 is 6.17 Å². The van der Waals surface area contributed by atoms with Crippen molar-refractivity contribution in [1.82, 2.24) is 0 Å². The van der Waals surface area contributed by atoms with E-state index >= 15 is 0 Å². The van der Waals surface area contributed by atoms with Crippen LogP contribution in [0.25, 0.3) is 44.2 Å². The number of benzene rings is 5. The van der Waals surface area contributed by atoms with Gasteiger partial charge in [0.2, 0.25) is 0 Å². The summed E-state index contributed by atoms with van der Waals surface area (Å²) in [6.07, 6.45) is -0.445. The number of methoxy groups -OCH3 is 4. The van der Waals surface area contributed by atoms with Gasteiger partial charge in [0.15, 0.2) is 23.0 Å². The van der Waals surface area contributed by atoms with Crippen LogP contribution in [0.5, 0.6) is 23.0 Å². The minimum atomic E-state index is -0.445. The van der Waals surface area contributed by atoms with Crippen molar-refractivity contribution in [2.24, 2.45) is 5.73 Å². The number of hydrogen-bond acceptors (Lipinski definition) is 6. The van der Waals surface area contributed by atoms with Gasteiger partial charge in [-0.3, -0.25) is 0 Å². The summed E-state index contributed by atoms with van der Waals surface area (Å²) in [6, 6.07) is 29.3. The molecule has 2 N–H and O–H groups in total. The second-order valence-corrected chi connectivity index (χ2v) is 9.81. The van der Waals surface area contributed by atoms with Crippen LogP contribution in [-0.2, 0) is 0 Å². The van der Waals surface area contributed by atoms with Crippen molar-refractivity contribution in [3.63, 3.8) is 0 Å². The van der Waals surface area contributed by atoms with Gasteiger partial charge in [-0.2, -0.15) is 0 Å². The highest BCUT2D eigenvalue weighted by molar-refractivity contribution is 6.12. The lowest BCUT2D eigenvalue weighted by Crippen LogP contribution is -2.35. The molecule has 0 aliphatic carbocycles. The summed E-state index contributed by atoms with van der Waals surface area (Å²) in [5, 5.41) is 2.07. The molecule has 0 spiro atoms. The van der Waals surface area contributed by atoms with E-state index in [2.05, 4.69) is 71.6 Å². The van der Waals surface area contributed by atoms with E-state index in [0.717, 1.165) is 49.8 Å². The van der Waals surface area contributed by atoms with E-state index in [-0.39, 0.29) is 0 Å². The molecule has 40 heavy (non-hydrogen) atoms. The first-order valence-electron chi connectivity index (χ1n) is 13.1. The molecule has 5 aromatic carbocycles. The van der Waals surface area contributed by atoms with E-state index in [1.54, 1.807) is 28.4 Å². The number of ether oxygens (including phenoxy) is 4. The van der Waals surface area contributed by atoms with Gasteiger partial charge in [-0.15, -0.1) is 0 Å². The Balaban J connectivity index is 1.62. The predicted molar refractivity (Wildman–Crippen MR) is 162 cm³/mol. The molecular weight excluding hydrogens is 500 g/mol. The third kappa shape index (κ3) is 3.83. The van der Waals surface area contributed by atoms with Crippen LogP contribution in [-0.4, -0.2) is 35.5 Å². The zero-order valence-corrected chi connectivity index (χ0v) is 23.3. The summed E-state index contributed by atoms with van der Waals surface area (Å²) in [5.41, 5.74) is 15.2. The number of fused-ring (bicyclic) bond motifs is 5. The van der Waals surface area contributed by atoms with Gasteiger partial charge in [-0.1, -0.05) is 66.7 Å². The van der Waals surface area contributed by atoms with Crippen molar-refractivity contribution in [3.8, 4) is 56.4 Å². The number of nitrogens with two attached hydrogens (primary N) is 1. The maximum Gasteiger partial charge on any atom is 0.169 e. The molecule has 202 valence electrons. The van der Waals surface area contributed by atoms with Crippen molar-refractivity contribution < 1.29 is 18.9 Å². The van der Waals surface area contributed by atoms with E-state index in [1.807, 2.05) is 25.2 Å². The molecule has 0 aromatic heterocycles. The molecule has 0 radical (unpaired) electrons. The molecule has 0 saturated heterocycles. The van der Waals surface area contributed by atoms with Crippen LogP contribution in [0.4, 0.5) is 5.69 Å². The highest BCUT2D eigenvalue weighted by Crippen LogP contribution is 2.54. The van der Waals surface area contributed by atoms with Gasteiger partial charge in [-0.05, 0) is 45.8 Å². The molecule has 6 heteroatoms. The lowest BCUT2D eigenvalue weighted by atomic mass is 9.86. The first-order valence-corrected chi connectivity index (χ1v) is 13.1. The van der Waals surface area contributed by atoms with Crippen LogP contribution in [0, 0.1) is 0 Å². The smallest absolute Gasteiger partial charge is 0.169 e. The summed E-state index contributed by atoms with van der Waals surface area (Å²) < 4.78 is 23.2. The van der Waals surface area contributed by atoms with E-state index in [9.17, 15) is 0 Å². The maximum absolute atomic E-state index is 6.88. The quantitative estimate of drug-likeness (QED) is 0.248. The van der Waals surface area contributed by atoms with E-state index in [0.29, 0.717) is 23.0 Å². The molecule has 1 aliphatic heterocycles. The minimum Gasteiger partial charge on any atom is -0.493 e. The third-order valence-electron chi connectivity index (χ3n) is 7.86. The highest BCUT2D eigenvalue weighted by Gasteiger charge is 2.33. The Morgan fingerprint density at radius 1 is 0.600 bits per heavy atom. The summed E-state index contributed by atoms with van der Waals surface area (Å²) in [7, 11) is 8.64. The molecule has 1 unspecified atom stereocenters. The van der Waals surface area contributed by atoms with Crippen molar-refractivity contribution in [1.29, 1.82) is 0 Å². The van der Waals surface area contributed by atoms with Crippen LogP contribution >= 0.6 is 0 Å². The monoisotopic (exact) mass is 532 g/mol. The standard InChI is InChI=1S/C34H32N2O4/c1-36-31-25(23-17-18-27(37-2)32(39-4)30(23)34(36)35)16-15-24-26(31)19-28(38-3)33(40-5)29(24)22-13-11-21(12-14-22)20-9-7-6-8-10-20/h6-19,34H,35H2,1-5H3. The van der Waals surface area contributed by atoms with Gasteiger partial charge in [0.05, 0.1) is 34.1 Å². The zero-order valence-electron chi connectivity index (χ0n) is 23.3. The van der Waals surface area contributed by atoms with Gasteiger partial charge in [0.25, 0.3) is 0 Å². The Morgan fingerprint density at radius 3 is 1.88 bits per heavy atom. The van der Waals surface area contributed by atoms with Gasteiger partial charge in [-0.25, -0.2) is 0 Å². The Kier molecular flexibility index (Phi) is 6.48. The van der Waals surface area contributed by atoms with Gasteiger partial charge in [0, 0.05) is 29.1 Å². The molecule has 0 saturated carbocycles. The number of rotatable bonds is 6. The van der Waals surface area contributed by atoms with Crippen LogP contribution in [0.15, 0.2) is 84.9 Å². The van der Waals surface area contributed by atoms with Crippen LogP contribution in [0.3, 0.4) is 0 Å². The zero-order chi connectivity index (χ0) is 28.0. The van der Waals surface area contributed by atoms with Gasteiger partial charge in [0.1, 0.15) is 6.17 Å². The van der Waals surface area contributed by atoms with Crippen LogP contribution < -0.4 is 29.6 Å². The van der Waals surface area contributed by atoms with E-state index in [4.69, 9.17) is 24.7 Å². The molecule has 1 heterocycles.